The molecule has 1 heterocycles. The van der Waals surface area contributed by atoms with Crippen LogP contribution in [0.1, 0.15) is 37.6 Å². The van der Waals surface area contributed by atoms with Crippen LogP contribution in [0.3, 0.4) is 0 Å². The summed E-state index contributed by atoms with van der Waals surface area (Å²) < 4.78 is 0. The zero-order chi connectivity index (χ0) is 16.6. The van der Waals surface area contributed by atoms with Gasteiger partial charge >= 0.3 is 0 Å². The van der Waals surface area contributed by atoms with Crippen LogP contribution in [0.4, 0.5) is 0 Å². The molecule has 0 aliphatic carbocycles. The van der Waals surface area contributed by atoms with Crippen molar-refractivity contribution in [2.75, 3.05) is 0 Å². The summed E-state index contributed by atoms with van der Waals surface area (Å²) in [5, 5.41) is 24.0. The number of nitrogens with one attached hydrogen (secondary N) is 1. The van der Waals surface area contributed by atoms with Crippen LogP contribution >= 0.6 is 0 Å². The summed E-state index contributed by atoms with van der Waals surface area (Å²) in [6, 6.07) is 12.2. The van der Waals surface area contributed by atoms with E-state index in [9.17, 15) is 5.11 Å². The lowest BCUT2D eigenvalue weighted by Crippen LogP contribution is -2.33. The molecular formula is C19H21N3O. The predicted molar refractivity (Wildman–Crippen MR) is 92.9 cm³/mol. The molecule has 0 bridgehead atoms. The second-order valence-corrected chi connectivity index (χ2v) is 6.33. The van der Waals surface area contributed by atoms with E-state index in [4.69, 9.17) is 0 Å². The average molecular weight is 307 g/mol. The van der Waals surface area contributed by atoms with Crippen LogP contribution in [0.15, 0.2) is 49.2 Å². The second kappa shape index (κ2) is 5.63. The Bertz CT molecular complexity index is 852. The lowest BCUT2D eigenvalue weighted by atomic mass is 9.80. The summed E-state index contributed by atoms with van der Waals surface area (Å²) >= 11 is 0. The smallest absolute Gasteiger partial charge is 0.137 e. The van der Waals surface area contributed by atoms with E-state index in [1.165, 1.54) is 0 Å². The van der Waals surface area contributed by atoms with Crippen molar-refractivity contribution in [3.05, 3.63) is 66.0 Å². The van der Waals surface area contributed by atoms with Crippen LogP contribution in [0.2, 0.25) is 0 Å². The highest BCUT2D eigenvalue weighted by Gasteiger charge is 2.37. The summed E-state index contributed by atoms with van der Waals surface area (Å²) in [6.45, 7) is 9.94. The summed E-state index contributed by atoms with van der Waals surface area (Å²) in [5.74, 6) is -0.0419. The summed E-state index contributed by atoms with van der Waals surface area (Å²) in [6.07, 6.45) is 1.58. The molecule has 3 aromatic rings. The second-order valence-electron chi connectivity index (χ2n) is 6.33. The first-order chi connectivity index (χ1) is 10.9. The first-order valence-electron chi connectivity index (χ1n) is 7.71. The molecule has 4 heteroatoms. The van der Waals surface area contributed by atoms with Gasteiger partial charge in [-0.2, -0.15) is 15.4 Å². The standard InChI is InChI=1S/C19H21N3O/c1-12(2)14-5-6-16-10-17(8-7-15(16)9-14)19(23,13(3)4)18-11-20-22-21-18/h5-11,13,23H,1H2,2-4H3,(H,20,21,22). The van der Waals surface area contributed by atoms with E-state index in [2.05, 4.69) is 40.2 Å². The monoisotopic (exact) mass is 307 g/mol. The van der Waals surface area contributed by atoms with Crippen molar-refractivity contribution in [3.63, 3.8) is 0 Å². The Morgan fingerprint density at radius 2 is 1.87 bits per heavy atom. The third-order valence-corrected chi connectivity index (χ3v) is 4.41. The third-order valence-electron chi connectivity index (χ3n) is 4.41. The van der Waals surface area contributed by atoms with Crippen LogP contribution in [0.25, 0.3) is 16.3 Å². The zero-order valence-electron chi connectivity index (χ0n) is 13.7. The van der Waals surface area contributed by atoms with Crippen molar-refractivity contribution in [3.8, 4) is 0 Å². The fourth-order valence-electron chi connectivity index (χ4n) is 2.91. The highest BCUT2D eigenvalue weighted by molar-refractivity contribution is 5.86. The van der Waals surface area contributed by atoms with Gasteiger partial charge in [0, 0.05) is 0 Å². The largest absolute Gasteiger partial charge is 0.378 e. The topological polar surface area (TPSA) is 61.8 Å². The number of aromatic amines is 1. The van der Waals surface area contributed by atoms with Gasteiger partial charge in [0.1, 0.15) is 11.3 Å². The van der Waals surface area contributed by atoms with E-state index in [1.807, 2.05) is 39.0 Å². The predicted octanol–water partition coefficient (Wildman–Crippen LogP) is 3.88. The van der Waals surface area contributed by atoms with Gasteiger partial charge in [-0.15, -0.1) is 0 Å². The number of aromatic nitrogens is 3. The molecule has 3 rings (SSSR count). The number of aliphatic hydroxyl groups is 1. The van der Waals surface area contributed by atoms with Crippen molar-refractivity contribution < 1.29 is 5.11 Å². The van der Waals surface area contributed by atoms with E-state index >= 15 is 0 Å². The molecule has 1 atom stereocenters. The fourth-order valence-corrected chi connectivity index (χ4v) is 2.91. The lowest BCUT2D eigenvalue weighted by Gasteiger charge is -2.31. The quantitative estimate of drug-likeness (QED) is 0.769. The molecule has 0 spiro atoms. The number of hydrogen-bond acceptors (Lipinski definition) is 3. The molecule has 118 valence electrons. The van der Waals surface area contributed by atoms with Gasteiger partial charge in [-0.05, 0) is 46.9 Å². The van der Waals surface area contributed by atoms with Crippen LogP contribution in [0.5, 0.6) is 0 Å². The summed E-state index contributed by atoms with van der Waals surface area (Å²) in [7, 11) is 0. The number of allylic oxidation sites excluding steroid dienone is 1. The summed E-state index contributed by atoms with van der Waals surface area (Å²) in [5.41, 5.74) is 2.34. The minimum Gasteiger partial charge on any atom is -0.378 e. The Labute approximate surface area is 135 Å². The van der Waals surface area contributed by atoms with E-state index in [1.54, 1.807) is 6.20 Å². The molecule has 0 aliphatic heterocycles. The number of fused-ring (bicyclic) bond motifs is 1. The van der Waals surface area contributed by atoms with E-state index in [0.29, 0.717) is 5.69 Å². The van der Waals surface area contributed by atoms with Crippen molar-refractivity contribution in [1.82, 2.24) is 15.4 Å². The van der Waals surface area contributed by atoms with Crippen molar-refractivity contribution in [2.24, 2.45) is 5.92 Å². The van der Waals surface area contributed by atoms with Gasteiger partial charge in [0.2, 0.25) is 0 Å². The number of benzene rings is 2. The van der Waals surface area contributed by atoms with Gasteiger partial charge in [0.05, 0.1) is 6.20 Å². The normalized spacial score (nSPS) is 14.1. The maximum Gasteiger partial charge on any atom is 0.137 e. The minimum atomic E-state index is -1.17. The molecule has 4 nitrogen and oxygen atoms in total. The molecule has 0 saturated heterocycles. The third kappa shape index (κ3) is 2.55. The molecule has 1 unspecified atom stereocenters. The zero-order valence-corrected chi connectivity index (χ0v) is 13.7. The fraction of sp³-hybridized carbons (Fsp3) is 0.263. The molecule has 23 heavy (non-hydrogen) atoms. The Kier molecular flexibility index (Phi) is 3.78. The van der Waals surface area contributed by atoms with Gasteiger partial charge in [0.15, 0.2) is 0 Å². The lowest BCUT2D eigenvalue weighted by molar-refractivity contribution is 0.0276. The van der Waals surface area contributed by atoms with Crippen LogP contribution in [-0.4, -0.2) is 20.5 Å². The summed E-state index contributed by atoms with van der Waals surface area (Å²) in [4.78, 5) is 0. The molecule has 2 N–H and O–H groups in total. The van der Waals surface area contributed by atoms with Gasteiger partial charge in [-0.1, -0.05) is 50.3 Å². The number of rotatable bonds is 4. The molecule has 2 aromatic carbocycles. The van der Waals surface area contributed by atoms with Crippen LogP contribution in [0, 0.1) is 5.92 Å². The van der Waals surface area contributed by atoms with Gasteiger partial charge in [0.25, 0.3) is 0 Å². The molecule has 0 saturated carbocycles. The molecule has 1 aromatic heterocycles. The van der Waals surface area contributed by atoms with Gasteiger partial charge in [-0.3, -0.25) is 0 Å². The number of hydrogen-bond donors (Lipinski definition) is 2. The van der Waals surface area contributed by atoms with Crippen molar-refractivity contribution in [1.29, 1.82) is 0 Å². The maximum absolute atomic E-state index is 11.3. The molecule has 0 amide bonds. The highest BCUT2D eigenvalue weighted by Crippen LogP contribution is 2.36. The number of nitrogens with zero attached hydrogens (tertiary/aromatic N) is 2. The number of H-pyrrole nitrogens is 1. The molecule has 0 radical (unpaired) electrons. The Morgan fingerprint density at radius 1 is 1.17 bits per heavy atom. The van der Waals surface area contributed by atoms with Crippen molar-refractivity contribution in [2.45, 2.75) is 26.4 Å². The molecule has 0 fully saturated rings. The molecule has 0 aliphatic rings. The van der Waals surface area contributed by atoms with Gasteiger partial charge in [-0.25, -0.2) is 0 Å². The first-order valence-corrected chi connectivity index (χ1v) is 7.71. The van der Waals surface area contributed by atoms with Crippen LogP contribution in [-0.2, 0) is 5.60 Å². The molecular weight excluding hydrogens is 286 g/mol. The Hall–Kier alpha value is -2.46. The Morgan fingerprint density at radius 3 is 2.48 bits per heavy atom. The van der Waals surface area contributed by atoms with E-state index in [0.717, 1.165) is 27.5 Å². The Balaban J connectivity index is 2.15. The average Bonchev–Trinajstić information content (AvgIpc) is 3.07. The van der Waals surface area contributed by atoms with Crippen LogP contribution < -0.4 is 0 Å². The first kappa shape index (κ1) is 15.4. The SMILES string of the molecule is C=C(C)c1ccc2cc(C(O)(c3cn[nH]n3)C(C)C)ccc2c1. The highest BCUT2D eigenvalue weighted by atomic mass is 16.3. The van der Waals surface area contributed by atoms with Crippen molar-refractivity contribution >= 4 is 16.3 Å². The van der Waals surface area contributed by atoms with E-state index < -0.39 is 5.60 Å². The van der Waals surface area contributed by atoms with E-state index in [-0.39, 0.29) is 5.92 Å². The minimum absolute atomic E-state index is 0.0419. The maximum atomic E-state index is 11.3. The van der Waals surface area contributed by atoms with Gasteiger partial charge < -0.3 is 5.11 Å².